The summed E-state index contributed by atoms with van der Waals surface area (Å²) in [5.74, 6) is -0.170. The molecular formula is C17H22N4O2S. The van der Waals surface area contributed by atoms with Crippen molar-refractivity contribution in [1.82, 2.24) is 9.78 Å². The predicted molar refractivity (Wildman–Crippen MR) is 94.2 cm³/mol. The molecule has 0 aliphatic carbocycles. The van der Waals surface area contributed by atoms with E-state index in [2.05, 4.69) is 9.82 Å². The number of anilines is 1. The summed E-state index contributed by atoms with van der Waals surface area (Å²) in [5.41, 5.74) is 0.816. The molecule has 2 rings (SSSR count). The summed E-state index contributed by atoms with van der Waals surface area (Å²) in [4.78, 5) is 0. The molecule has 0 saturated heterocycles. The third kappa shape index (κ3) is 4.36. The summed E-state index contributed by atoms with van der Waals surface area (Å²) in [6.07, 6.45) is 1.55. The van der Waals surface area contributed by atoms with Gasteiger partial charge in [-0.05, 0) is 32.3 Å². The zero-order chi connectivity index (χ0) is 18.0. The first kappa shape index (κ1) is 18.0. The number of aromatic nitrogens is 2. The Labute approximate surface area is 143 Å². The predicted octanol–water partition coefficient (Wildman–Crippen LogP) is 3.06. The number of sulfonamides is 1. The van der Waals surface area contributed by atoms with E-state index in [1.54, 1.807) is 10.9 Å². The molecule has 0 aliphatic heterocycles. The van der Waals surface area contributed by atoms with Crippen LogP contribution in [0.4, 0.5) is 5.82 Å². The summed E-state index contributed by atoms with van der Waals surface area (Å²) in [7, 11) is -3.62. The number of benzene rings is 1. The fraction of sp³-hybridized carbons (Fsp3) is 0.412. The topological polar surface area (TPSA) is 87.8 Å². The fourth-order valence-electron chi connectivity index (χ4n) is 2.27. The van der Waals surface area contributed by atoms with E-state index in [0.717, 1.165) is 5.56 Å². The minimum absolute atomic E-state index is 0.0766. The molecule has 0 fully saturated rings. The molecule has 7 heteroatoms. The number of rotatable bonds is 5. The lowest BCUT2D eigenvalue weighted by Crippen LogP contribution is -2.24. The second-order valence-corrected chi connectivity index (χ2v) is 8.58. The lowest BCUT2D eigenvalue weighted by atomic mass is 10.0. The van der Waals surface area contributed by atoms with E-state index in [1.807, 2.05) is 64.1 Å². The molecule has 2 aromatic rings. The van der Waals surface area contributed by atoms with Gasteiger partial charge in [0.2, 0.25) is 10.0 Å². The number of nitrogens with one attached hydrogen (secondary N) is 1. The van der Waals surface area contributed by atoms with Crippen molar-refractivity contribution in [3.8, 4) is 6.07 Å². The van der Waals surface area contributed by atoms with Gasteiger partial charge in [0.25, 0.3) is 0 Å². The normalized spacial score (nSPS) is 13.3. The summed E-state index contributed by atoms with van der Waals surface area (Å²) in [5, 5.41) is 13.4. The molecular weight excluding hydrogens is 324 g/mol. The van der Waals surface area contributed by atoms with E-state index in [1.165, 1.54) is 0 Å². The molecule has 24 heavy (non-hydrogen) atoms. The summed E-state index contributed by atoms with van der Waals surface area (Å²) >= 11 is 0. The molecule has 0 radical (unpaired) electrons. The van der Waals surface area contributed by atoms with E-state index >= 15 is 0 Å². The average molecular weight is 346 g/mol. The Hall–Kier alpha value is -2.33. The minimum Gasteiger partial charge on any atom is -0.265 e. The molecule has 1 N–H and O–H groups in total. The van der Waals surface area contributed by atoms with Gasteiger partial charge in [-0.25, -0.2) is 8.42 Å². The summed E-state index contributed by atoms with van der Waals surface area (Å²) < 4.78 is 28.9. The zero-order valence-electron chi connectivity index (χ0n) is 14.3. The maximum Gasteiger partial charge on any atom is 0.234 e. The molecule has 1 atom stereocenters. The Bertz CT molecular complexity index is 843. The lowest BCUT2D eigenvalue weighted by Gasteiger charge is -2.18. The third-order valence-electron chi connectivity index (χ3n) is 3.61. The largest absolute Gasteiger partial charge is 0.265 e. The van der Waals surface area contributed by atoms with Gasteiger partial charge in [0.1, 0.15) is 11.6 Å². The highest BCUT2D eigenvalue weighted by Gasteiger charge is 2.23. The number of hydrogen-bond acceptors (Lipinski definition) is 4. The van der Waals surface area contributed by atoms with E-state index in [9.17, 15) is 13.7 Å². The molecule has 0 bridgehead atoms. The van der Waals surface area contributed by atoms with Gasteiger partial charge in [-0.3, -0.25) is 9.40 Å². The molecule has 0 saturated carbocycles. The van der Waals surface area contributed by atoms with Crippen molar-refractivity contribution >= 4 is 15.8 Å². The first-order valence-electron chi connectivity index (χ1n) is 7.68. The van der Waals surface area contributed by atoms with Crippen LogP contribution in [0, 0.1) is 11.3 Å². The summed E-state index contributed by atoms with van der Waals surface area (Å²) in [6, 6.07) is 11.4. The highest BCUT2D eigenvalue weighted by atomic mass is 32.2. The molecule has 6 nitrogen and oxygen atoms in total. The van der Waals surface area contributed by atoms with Crippen LogP contribution < -0.4 is 4.72 Å². The average Bonchev–Trinajstić information content (AvgIpc) is 2.90. The maximum absolute atomic E-state index is 12.4. The Morgan fingerprint density at radius 1 is 1.29 bits per heavy atom. The van der Waals surface area contributed by atoms with Gasteiger partial charge in [0.15, 0.2) is 5.82 Å². The molecule has 128 valence electrons. The van der Waals surface area contributed by atoms with Crippen LogP contribution >= 0.6 is 0 Å². The van der Waals surface area contributed by atoms with Crippen molar-refractivity contribution in [2.24, 2.45) is 0 Å². The first-order chi connectivity index (χ1) is 11.1. The van der Waals surface area contributed by atoms with Crippen molar-refractivity contribution in [3.63, 3.8) is 0 Å². The Morgan fingerprint density at radius 2 is 1.92 bits per heavy atom. The fourth-order valence-corrected chi connectivity index (χ4v) is 3.65. The van der Waals surface area contributed by atoms with Crippen LogP contribution in [0.2, 0.25) is 0 Å². The maximum atomic E-state index is 12.4. The molecule has 1 aromatic heterocycles. The van der Waals surface area contributed by atoms with Gasteiger partial charge in [0, 0.05) is 6.20 Å². The second-order valence-electron chi connectivity index (χ2n) is 6.81. The minimum atomic E-state index is -3.62. The van der Waals surface area contributed by atoms with Gasteiger partial charge in [-0.2, -0.15) is 10.4 Å². The quantitative estimate of drug-likeness (QED) is 0.901. The van der Waals surface area contributed by atoms with Gasteiger partial charge >= 0.3 is 0 Å². The van der Waals surface area contributed by atoms with Gasteiger partial charge < -0.3 is 0 Å². The van der Waals surface area contributed by atoms with Crippen molar-refractivity contribution < 1.29 is 8.42 Å². The van der Waals surface area contributed by atoms with Gasteiger partial charge in [-0.15, -0.1) is 0 Å². The van der Waals surface area contributed by atoms with Crippen LogP contribution in [-0.2, 0) is 15.6 Å². The standard InChI is InChI=1S/C17H22N4O2S/c1-13(14-8-6-5-7-9-14)12-24(22,23)20-16-15(10-18)11-21(19-16)17(2,3)4/h5-9,11,13H,12H2,1-4H3,(H,19,20)/t13-/m1/s1. The molecule has 0 aliphatic rings. The Balaban J connectivity index is 2.21. The smallest absolute Gasteiger partial charge is 0.234 e. The van der Waals surface area contributed by atoms with Crippen LogP contribution in [0.15, 0.2) is 36.5 Å². The van der Waals surface area contributed by atoms with Gasteiger partial charge in [0.05, 0.1) is 11.3 Å². The van der Waals surface area contributed by atoms with Crippen LogP contribution in [-0.4, -0.2) is 24.0 Å². The zero-order valence-corrected chi connectivity index (χ0v) is 15.1. The van der Waals surface area contributed by atoms with Crippen LogP contribution in [0.1, 0.15) is 44.7 Å². The van der Waals surface area contributed by atoms with Crippen LogP contribution in [0.5, 0.6) is 0 Å². The number of hydrogen-bond donors (Lipinski definition) is 1. The molecule has 0 unspecified atom stereocenters. The number of nitrogens with zero attached hydrogens (tertiary/aromatic N) is 3. The first-order valence-corrected chi connectivity index (χ1v) is 9.33. The lowest BCUT2D eigenvalue weighted by molar-refractivity contribution is 0.356. The van der Waals surface area contributed by atoms with Crippen molar-refractivity contribution in [3.05, 3.63) is 47.7 Å². The highest BCUT2D eigenvalue weighted by Crippen LogP contribution is 2.22. The third-order valence-corrected chi connectivity index (χ3v) is 5.06. The number of nitriles is 1. The SMILES string of the molecule is C[C@H](CS(=O)(=O)Nc1nn(C(C)(C)C)cc1C#N)c1ccccc1. The van der Waals surface area contributed by atoms with E-state index < -0.39 is 10.0 Å². The van der Waals surface area contributed by atoms with E-state index in [-0.39, 0.29) is 28.6 Å². The Kier molecular flexibility index (Phi) is 4.99. The monoisotopic (exact) mass is 346 g/mol. The van der Waals surface area contributed by atoms with E-state index in [4.69, 9.17) is 0 Å². The Morgan fingerprint density at radius 3 is 2.46 bits per heavy atom. The summed E-state index contributed by atoms with van der Waals surface area (Å²) in [6.45, 7) is 7.64. The molecule has 0 spiro atoms. The highest BCUT2D eigenvalue weighted by molar-refractivity contribution is 7.92. The van der Waals surface area contributed by atoms with Crippen LogP contribution in [0.25, 0.3) is 0 Å². The molecule has 0 amide bonds. The van der Waals surface area contributed by atoms with Crippen molar-refractivity contribution in [1.29, 1.82) is 5.26 Å². The van der Waals surface area contributed by atoms with E-state index in [0.29, 0.717) is 0 Å². The molecule has 1 heterocycles. The second kappa shape index (κ2) is 6.65. The van der Waals surface area contributed by atoms with Crippen LogP contribution in [0.3, 0.4) is 0 Å². The van der Waals surface area contributed by atoms with Gasteiger partial charge in [-0.1, -0.05) is 37.3 Å². The molecule has 1 aromatic carbocycles. The van der Waals surface area contributed by atoms with Crippen molar-refractivity contribution in [2.75, 3.05) is 10.5 Å². The van der Waals surface area contributed by atoms with Crippen molar-refractivity contribution in [2.45, 2.75) is 39.2 Å².